The minimum absolute atomic E-state index is 0.312. The third-order valence-electron chi connectivity index (χ3n) is 3.79. The molecule has 3 heteroatoms. The third kappa shape index (κ3) is 1.50. The quantitative estimate of drug-likeness (QED) is 0.533. The van der Waals surface area contributed by atoms with Crippen LogP contribution in [0.2, 0.25) is 0 Å². The van der Waals surface area contributed by atoms with Crippen LogP contribution in [-0.2, 0) is 7.05 Å². The molecule has 2 heterocycles. The van der Waals surface area contributed by atoms with Crippen LogP contribution in [-0.4, -0.2) is 9.67 Å². The molecule has 2 aromatic heterocycles. The fourth-order valence-corrected chi connectivity index (χ4v) is 3.64. The zero-order valence-corrected chi connectivity index (χ0v) is 11.8. The molecule has 4 aromatic rings. The largest absolute Gasteiger partial charge is 0.508 e. The molecule has 1 N–H and O–H groups in total. The van der Waals surface area contributed by atoms with Gasteiger partial charge >= 0.3 is 0 Å². The molecule has 0 aliphatic rings. The van der Waals surface area contributed by atoms with Crippen molar-refractivity contribution in [1.29, 1.82) is 0 Å². The minimum atomic E-state index is 0.312. The van der Waals surface area contributed by atoms with Crippen molar-refractivity contribution in [2.24, 2.45) is 7.05 Å². The number of fused-ring (bicyclic) bond motifs is 3. The summed E-state index contributed by atoms with van der Waals surface area (Å²) in [5.74, 6) is 0.312. The van der Waals surface area contributed by atoms with Gasteiger partial charge in [0.1, 0.15) is 5.75 Å². The van der Waals surface area contributed by atoms with Crippen molar-refractivity contribution < 1.29 is 5.11 Å². The van der Waals surface area contributed by atoms with Crippen LogP contribution in [0.15, 0.2) is 53.9 Å². The lowest BCUT2D eigenvalue weighted by atomic mass is 10.0. The second-order valence-electron chi connectivity index (χ2n) is 4.94. The summed E-state index contributed by atoms with van der Waals surface area (Å²) in [6.07, 6.45) is 0. The molecule has 0 radical (unpaired) electrons. The maximum atomic E-state index is 10.1. The molecule has 0 aliphatic heterocycles. The number of aromatic hydroxyl groups is 1. The van der Waals surface area contributed by atoms with E-state index in [1.807, 2.05) is 31.3 Å². The Morgan fingerprint density at radius 2 is 1.85 bits per heavy atom. The van der Waals surface area contributed by atoms with Gasteiger partial charge in [-0.2, -0.15) is 0 Å². The summed E-state index contributed by atoms with van der Waals surface area (Å²) in [5, 5.41) is 14.6. The Morgan fingerprint density at radius 1 is 1.00 bits per heavy atom. The Hall–Kier alpha value is -2.26. The highest BCUT2D eigenvalue weighted by atomic mass is 32.1. The summed E-state index contributed by atoms with van der Waals surface area (Å²) in [6, 6.07) is 16.2. The highest BCUT2D eigenvalue weighted by Crippen LogP contribution is 2.40. The number of benzene rings is 2. The van der Waals surface area contributed by atoms with Crippen LogP contribution in [0, 0.1) is 0 Å². The van der Waals surface area contributed by atoms with E-state index in [4.69, 9.17) is 0 Å². The van der Waals surface area contributed by atoms with Crippen molar-refractivity contribution in [1.82, 2.24) is 4.57 Å². The lowest BCUT2D eigenvalue weighted by molar-refractivity contribution is 0.476. The van der Waals surface area contributed by atoms with E-state index in [1.165, 1.54) is 21.2 Å². The normalized spacial score (nSPS) is 11.4. The molecule has 20 heavy (non-hydrogen) atoms. The highest BCUT2D eigenvalue weighted by molar-refractivity contribution is 7.13. The van der Waals surface area contributed by atoms with Gasteiger partial charge in [-0.1, -0.05) is 24.3 Å². The average molecular weight is 279 g/mol. The second kappa shape index (κ2) is 4.12. The van der Waals surface area contributed by atoms with Gasteiger partial charge in [-0.05, 0) is 23.6 Å². The van der Waals surface area contributed by atoms with Gasteiger partial charge in [0.2, 0.25) is 0 Å². The van der Waals surface area contributed by atoms with Crippen LogP contribution < -0.4 is 0 Å². The first-order valence-corrected chi connectivity index (χ1v) is 7.37. The van der Waals surface area contributed by atoms with E-state index in [0.717, 1.165) is 11.1 Å². The van der Waals surface area contributed by atoms with Gasteiger partial charge in [-0.3, -0.25) is 0 Å². The highest BCUT2D eigenvalue weighted by Gasteiger charge is 2.14. The topological polar surface area (TPSA) is 25.2 Å². The molecule has 0 atom stereocenters. The zero-order valence-electron chi connectivity index (χ0n) is 11.0. The van der Waals surface area contributed by atoms with E-state index >= 15 is 0 Å². The smallest absolute Gasteiger partial charge is 0.118 e. The number of nitrogens with zero attached hydrogens (tertiary/aromatic N) is 1. The molecule has 4 rings (SSSR count). The number of aryl methyl sites for hydroxylation is 1. The van der Waals surface area contributed by atoms with Crippen LogP contribution >= 0.6 is 11.3 Å². The fourth-order valence-electron chi connectivity index (χ4n) is 2.89. The first-order valence-electron chi connectivity index (χ1n) is 6.50. The molecular formula is C17H13NOS. The monoisotopic (exact) mass is 279 g/mol. The number of rotatable bonds is 1. The molecule has 0 saturated heterocycles. The third-order valence-corrected chi connectivity index (χ3v) is 4.69. The van der Waals surface area contributed by atoms with Crippen molar-refractivity contribution in [3.05, 3.63) is 53.9 Å². The number of phenolic OH excluding ortho intramolecular Hbond substituents is 1. The summed E-state index contributed by atoms with van der Waals surface area (Å²) < 4.78 is 2.14. The van der Waals surface area contributed by atoms with Crippen molar-refractivity contribution in [3.63, 3.8) is 0 Å². The lowest BCUT2D eigenvalue weighted by Gasteiger charge is -2.04. The summed E-state index contributed by atoms with van der Waals surface area (Å²) in [5.41, 5.74) is 3.35. The number of hydrogen-bond donors (Lipinski definition) is 1. The second-order valence-corrected chi connectivity index (χ2v) is 5.89. The molecule has 0 saturated carbocycles. The number of aromatic nitrogens is 1. The number of hydrogen-bond acceptors (Lipinski definition) is 2. The summed E-state index contributed by atoms with van der Waals surface area (Å²) >= 11 is 1.70. The Balaban J connectivity index is 2.27. The molecule has 2 aromatic carbocycles. The first kappa shape index (κ1) is 11.6. The Labute approximate surface area is 120 Å². The zero-order chi connectivity index (χ0) is 13.7. The van der Waals surface area contributed by atoms with Gasteiger partial charge in [0.25, 0.3) is 0 Å². The minimum Gasteiger partial charge on any atom is -0.508 e. The maximum absolute atomic E-state index is 10.1. The molecule has 0 spiro atoms. The molecule has 2 nitrogen and oxygen atoms in total. The van der Waals surface area contributed by atoms with Gasteiger partial charge in [-0.25, -0.2) is 0 Å². The number of thiophene rings is 1. The predicted octanol–water partition coefficient (Wildman–Crippen LogP) is 4.77. The van der Waals surface area contributed by atoms with E-state index in [0.29, 0.717) is 5.75 Å². The Bertz CT molecular complexity index is 919. The SMILES string of the molecule is Cn1c2ccccc2c2c(-c3cccs3)cc(O)cc21. The summed E-state index contributed by atoms with van der Waals surface area (Å²) in [4.78, 5) is 1.18. The van der Waals surface area contributed by atoms with Gasteiger partial charge in [0.05, 0.1) is 5.52 Å². The van der Waals surface area contributed by atoms with Crippen molar-refractivity contribution in [2.45, 2.75) is 0 Å². The lowest BCUT2D eigenvalue weighted by Crippen LogP contribution is -1.86. The van der Waals surface area contributed by atoms with Crippen LogP contribution in [0.1, 0.15) is 0 Å². The van der Waals surface area contributed by atoms with Crippen molar-refractivity contribution in [3.8, 4) is 16.2 Å². The predicted molar refractivity (Wildman–Crippen MR) is 85.4 cm³/mol. The van der Waals surface area contributed by atoms with Crippen molar-refractivity contribution in [2.75, 3.05) is 0 Å². The summed E-state index contributed by atoms with van der Waals surface area (Å²) in [6.45, 7) is 0. The molecule has 0 bridgehead atoms. The summed E-state index contributed by atoms with van der Waals surface area (Å²) in [7, 11) is 2.04. The van der Waals surface area contributed by atoms with Gasteiger partial charge < -0.3 is 9.67 Å². The van der Waals surface area contributed by atoms with Crippen LogP contribution in [0.3, 0.4) is 0 Å². The molecule has 0 fully saturated rings. The van der Waals surface area contributed by atoms with E-state index in [2.05, 4.69) is 34.2 Å². The number of phenols is 1. The standard InChI is InChI=1S/C17H13NOS/c1-18-14-6-3-2-5-12(14)17-13(16-7-4-8-20-16)9-11(19)10-15(17)18/h2-10,19H,1H3. The fraction of sp³-hybridized carbons (Fsp3) is 0.0588. The molecule has 0 aliphatic carbocycles. The Kier molecular flexibility index (Phi) is 2.38. The van der Waals surface area contributed by atoms with E-state index < -0.39 is 0 Å². The van der Waals surface area contributed by atoms with Crippen molar-refractivity contribution >= 4 is 33.1 Å². The van der Waals surface area contributed by atoms with E-state index in [-0.39, 0.29) is 0 Å². The maximum Gasteiger partial charge on any atom is 0.118 e. The van der Waals surface area contributed by atoms with Gasteiger partial charge in [0, 0.05) is 39.8 Å². The van der Waals surface area contributed by atoms with Crippen LogP contribution in [0.4, 0.5) is 0 Å². The average Bonchev–Trinajstić information content (AvgIpc) is 3.07. The van der Waals surface area contributed by atoms with Gasteiger partial charge in [-0.15, -0.1) is 11.3 Å². The first-order chi connectivity index (χ1) is 9.75. The Morgan fingerprint density at radius 3 is 2.65 bits per heavy atom. The molecule has 0 amide bonds. The molecule has 0 unspecified atom stereocenters. The number of para-hydroxylation sites is 1. The van der Waals surface area contributed by atoms with Crippen LogP contribution in [0.5, 0.6) is 5.75 Å². The van der Waals surface area contributed by atoms with E-state index in [1.54, 1.807) is 11.3 Å². The van der Waals surface area contributed by atoms with E-state index in [9.17, 15) is 5.11 Å². The molecule has 98 valence electrons. The van der Waals surface area contributed by atoms with Crippen LogP contribution in [0.25, 0.3) is 32.2 Å². The molecular weight excluding hydrogens is 266 g/mol. The van der Waals surface area contributed by atoms with Gasteiger partial charge in [0.15, 0.2) is 0 Å².